The molecule has 1 aliphatic heterocycles. The monoisotopic (exact) mass is 348 g/mol. The molecule has 23 heavy (non-hydrogen) atoms. The molecule has 0 aromatic heterocycles. The molecule has 1 heterocycles. The van der Waals surface area contributed by atoms with Crippen molar-refractivity contribution in [3.8, 4) is 0 Å². The second kappa shape index (κ2) is 7.24. The number of nitrogens with zero attached hydrogens (tertiary/aromatic N) is 1. The molecule has 0 saturated carbocycles. The summed E-state index contributed by atoms with van der Waals surface area (Å²) in [5.41, 5.74) is 2.02. The first-order valence-corrected chi connectivity index (χ1v) is 8.45. The van der Waals surface area contributed by atoms with Crippen molar-refractivity contribution in [1.29, 1.82) is 0 Å². The fourth-order valence-electron chi connectivity index (χ4n) is 2.92. The first kappa shape index (κ1) is 16.2. The first-order chi connectivity index (χ1) is 11.1. The van der Waals surface area contributed by atoms with E-state index in [0.717, 1.165) is 25.9 Å². The molecule has 0 atom stereocenters. The van der Waals surface area contributed by atoms with Crippen LogP contribution in [-0.2, 0) is 0 Å². The van der Waals surface area contributed by atoms with E-state index in [2.05, 4.69) is 29.6 Å². The zero-order chi connectivity index (χ0) is 16.2. The molecule has 0 spiro atoms. The highest BCUT2D eigenvalue weighted by Gasteiger charge is 2.23. The summed E-state index contributed by atoms with van der Waals surface area (Å²) in [6.45, 7) is 1.51. The van der Waals surface area contributed by atoms with Gasteiger partial charge in [-0.05, 0) is 42.5 Å². The highest BCUT2D eigenvalue weighted by molar-refractivity contribution is 6.42. The summed E-state index contributed by atoms with van der Waals surface area (Å²) in [6, 6.07) is 15.5. The Morgan fingerprint density at radius 1 is 1.00 bits per heavy atom. The standard InChI is InChI=1S/C18H18Cl2N2O/c19-16-7-6-15(12-17(16)20)21-18(23)22-10-8-14(9-11-22)13-4-2-1-3-5-13/h1-7,12,14H,8-11H2,(H,21,23). The van der Waals surface area contributed by atoms with Gasteiger partial charge in [0.05, 0.1) is 10.0 Å². The van der Waals surface area contributed by atoms with Crippen LogP contribution in [0.25, 0.3) is 0 Å². The number of nitrogens with one attached hydrogen (secondary N) is 1. The van der Waals surface area contributed by atoms with Crippen LogP contribution in [-0.4, -0.2) is 24.0 Å². The number of amides is 2. The van der Waals surface area contributed by atoms with Crippen LogP contribution in [0.4, 0.5) is 10.5 Å². The summed E-state index contributed by atoms with van der Waals surface area (Å²) in [5.74, 6) is 0.533. The lowest BCUT2D eigenvalue weighted by molar-refractivity contribution is 0.194. The van der Waals surface area contributed by atoms with Crippen LogP contribution in [0.5, 0.6) is 0 Å². The number of hydrogen-bond acceptors (Lipinski definition) is 1. The van der Waals surface area contributed by atoms with Gasteiger partial charge in [-0.3, -0.25) is 0 Å². The molecule has 0 aliphatic carbocycles. The van der Waals surface area contributed by atoms with E-state index >= 15 is 0 Å². The largest absolute Gasteiger partial charge is 0.324 e. The van der Waals surface area contributed by atoms with Crippen LogP contribution >= 0.6 is 23.2 Å². The van der Waals surface area contributed by atoms with Crippen LogP contribution in [0.3, 0.4) is 0 Å². The number of carbonyl (C=O) groups is 1. The average Bonchev–Trinajstić information content (AvgIpc) is 2.59. The lowest BCUT2D eigenvalue weighted by Crippen LogP contribution is -2.40. The van der Waals surface area contributed by atoms with Crippen molar-refractivity contribution in [2.75, 3.05) is 18.4 Å². The Morgan fingerprint density at radius 2 is 1.70 bits per heavy atom. The van der Waals surface area contributed by atoms with Gasteiger partial charge in [0.1, 0.15) is 0 Å². The Labute approximate surface area is 146 Å². The maximum atomic E-state index is 12.3. The van der Waals surface area contributed by atoms with Crippen LogP contribution in [0.2, 0.25) is 10.0 Å². The molecular weight excluding hydrogens is 331 g/mol. The Hall–Kier alpha value is -1.71. The zero-order valence-electron chi connectivity index (χ0n) is 12.6. The van der Waals surface area contributed by atoms with E-state index in [4.69, 9.17) is 23.2 Å². The normalized spacial score (nSPS) is 15.5. The Balaban J connectivity index is 1.57. The van der Waals surface area contributed by atoms with Gasteiger partial charge in [0.25, 0.3) is 0 Å². The van der Waals surface area contributed by atoms with Crippen molar-refractivity contribution in [2.24, 2.45) is 0 Å². The van der Waals surface area contributed by atoms with Gasteiger partial charge in [-0.15, -0.1) is 0 Å². The van der Waals surface area contributed by atoms with E-state index in [9.17, 15) is 4.79 Å². The van der Waals surface area contributed by atoms with Crippen molar-refractivity contribution < 1.29 is 4.79 Å². The fourth-order valence-corrected chi connectivity index (χ4v) is 3.22. The minimum absolute atomic E-state index is 0.0881. The molecule has 0 unspecified atom stereocenters. The van der Waals surface area contributed by atoms with Crippen molar-refractivity contribution in [3.05, 3.63) is 64.1 Å². The van der Waals surface area contributed by atoms with E-state index in [1.165, 1.54) is 5.56 Å². The van der Waals surface area contributed by atoms with E-state index in [1.807, 2.05) is 11.0 Å². The zero-order valence-corrected chi connectivity index (χ0v) is 14.1. The van der Waals surface area contributed by atoms with Crippen LogP contribution < -0.4 is 5.32 Å². The molecule has 3 nitrogen and oxygen atoms in total. The molecule has 1 saturated heterocycles. The SMILES string of the molecule is O=C(Nc1ccc(Cl)c(Cl)c1)N1CCC(c2ccccc2)CC1. The maximum absolute atomic E-state index is 12.3. The number of carbonyl (C=O) groups excluding carboxylic acids is 1. The van der Waals surface area contributed by atoms with Gasteiger partial charge in [-0.1, -0.05) is 53.5 Å². The summed E-state index contributed by atoms with van der Waals surface area (Å²) in [4.78, 5) is 14.2. The molecule has 1 fully saturated rings. The average molecular weight is 349 g/mol. The number of urea groups is 1. The van der Waals surface area contributed by atoms with Crippen molar-refractivity contribution in [3.63, 3.8) is 0 Å². The van der Waals surface area contributed by atoms with Crippen LogP contribution in [0.15, 0.2) is 48.5 Å². The number of halogens is 2. The number of piperidine rings is 1. The predicted molar refractivity (Wildman–Crippen MR) is 95.5 cm³/mol. The second-order valence-corrected chi connectivity index (χ2v) is 6.55. The molecule has 2 aromatic carbocycles. The van der Waals surface area contributed by atoms with Crippen molar-refractivity contribution >= 4 is 34.9 Å². The van der Waals surface area contributed by atoms with Crippen molar-refractivity contribution in [2.45, 2.75) is 18.8 Å². The molecule has 2 aromatic rings. The number of rotatable bonds is 2. The van der Waals surface area contributed by atoms with Gasteiger partial charge in [0.15, 0.2) is 0 Å². The third-order valence-electron chi connectivity index (χ3n) is 4.22. The van der Waals surface area contributed by atoms with Crippen LogP contribution in [0.1, 0.15) is 24.3 Å². The topological polar surface area (TPSA) is 32.3 Å². The summed E-state index contributed by atoms with van der Waals surface area (Å²) in [6.07, 6.45) is 1.97. The fraction of sp³-hybridized carbons (Fsp3) is 0.278. The number of benzene rings is 2. The molecule has 3 rings (SSSR count). The van der Waals surface area contributed by atoms with Gasteiger partial charge in [-0.25, -0.2) is 4.79 Å². The number of anilines is 1. The molecule has 1 N–H and O–H groups in total. The number of likely N-dealkylation sites (tertiary alicyclic amines) is 1. The Morgan fingerprint density at radius 3 is 2.35 bits per heavy atom. The minimum atomic E-state index is -0.0881. The summed E-state index contributed by atoms with van der Waals surface area (Å²) in [5, 5.41) is 3.80. The van der Waals surface area contributed by atoms with Gasteiger partial charge < -0.3 is 10.2 Å². The lowest BCUT2D eigenvalue weighted by Gasteiger charge is -2.32. The third-order valence-corrected chi connectivity index (χ3v) is 4.96. The van der Waals surface area contributed by atoms with E-state index in [0.29, 0.717) is 21.7 Å². The van der Waals surface area contributed by atoms with Crippen LogP contribution in [0, 0.1) is 0 Å². The summed E-state index contributed by atoms with van der Waals surface area (Å²) < 4.78 is 0. The molecule has 5 heteroatoms. The van der Waals surface area contributed by atoms with Gasteiger partial charge in [0, 0.05) is 18.8 Å². The predicted octanol–water partition coefficient (Wildman–Crippen LogP) is 5.40. The summed E-state index contributed by atoms with van der Waals surface area (Å²) in [7, 11) is 0. The van der Waals surface area contributed by atoms with E-state index in [1.54, 1.807) is 18.2 Å². The lowest BCUT2D eigenvalue weighted by atomic mass is 9.90. The molecule has 2 amide bonds. The molecule has 120 valence electrons. The molecule has 0 radical (unpaired) electrons. The van der Waals surface area contributed by atoms with Crippen molar-refractivity contribution in [1.82, 2.24) is 4.90 Å². The molecule has 1 aliphatic rings. The molecular formula is C18H18Cl2N2O. The minimum Gasteiger partial charge on any atom is -0.324 e. The van der Waals surface area contributed by atoms with Gasteiger partial charge in [-0.2, -0.15) is 0 Å². The second-order valence-electron chi connectivity index (χ2n) is 5.73. The highest BCUT2D eigenvalue weighted by Crippen LogP contribution is 2.29. The van der Waals surface area contributed by atoms with E-state index in [-0.39, 0.29) is 6.03 Å². The maximum Gasteiger partial charge on any atom is 0.321 e. The van der Waals surface area contributed by atoms with Gasteiger partial charge in [0.2, 0.25) is 0 Å². The summed E-state index contributed by atoms with van der Waals surface area (Å²) >= 11 is 11.9. The third kappa shape index (κ3) is 3.98. The smallest absolute Gasteiger partial charge is 0.321 e. The first-order valence-electron chi connectivity index (χ1n) is 7.69. The Kier molecular flexibility index (Phi) is 5.09. The van der Waals surface area contributed by atoms with E-state index < -0.39 is 0 Å². The number of hydrogen-bond donors (Lipinski definition) is 1. The Bertz CT molecular complexity index is 683. The molecule has 0 bridgehead atoms. The van der Waals surface area contributed by atoms with Gasteiger partial charge >= 0.3 is 6.03 Å². The highest BCUT2D eigenvalue weighted by atomic mass is 35.5. The quantitative estimate of drug-likeness (QED) is 0.773.